The first kappa shape index (κ1) is 16.0. The molecule has 0 aromatic carbocycles. The fraction of sp³-hybridized carbons (Fsp3) is 0.350. The van der Waals surface area contributed by atoms with E-state index in [1.54, 1.807) is 17.0 Å². The van der Waals surface area contributed by atoms with E-state index >= 15 is 0 Å². The lowest BCUT2D eigenvalue weighted by Gasteiger charge is -2.21. The fourth-order valence-electron chi connectivity index (χ4n) is 3.64. The minimum absolute atomic E-state index is 0.120. The van der Waals surface area contributed by atoms with E-state index in [0.29, 0.717) is 12.3 Å². The number of piperidine rings is 1. The van der Waals surface area contributed by atoms with Gasteiger partial charge in [-0.1, -0.05) is 0 Å². The van der Waals surface area contributed by atoms with Crippen LogP contribution in [0.5, 0.6) is 0 Å². The van der Waals surface area contributed by atoms with Crippen LogP contribution in [0.25, 0.3) is 11.0 Å². The van der Waals surface area contributed by atoms with Crippen molar-refractivity contribution in [3.05, 3.63) is 60.2 Å². The van der Waals surface area contributed by atoms with Gasteiger partial charge in [0.1, 0.15) is 0 Å². The second-order valence-electron chi connectivity index (χ2n) is 6.60. The van der Waals surface area contributed by atoms with Gasteiger partial charge in [-0.25, -0.2) is 0 Å². The molecule has 0 radical (unpaired) electrons. The van der Waals surface area contributed by atoms with Gasteiger partial charge in [0.05, 0.1) is 11.0 Å². The van der Waals surface area contributed by atoms with Crippen molar-refractivity contribution in [3.63, 3.8) is 0 Å². The molecule has 128 valence electrons. The lowest BCUT2D eigenvalue weighted by molar-refractivity contribution is 0.0908. The Morgan fingerprint density at radius 1 is 1.16 bits per heavy atom. The summed E-state index contributed by atoms with van der Waals surface area (Å²) < 4.78 is 1.81. The molecule has 5 nitrogen and oxygen atoms in total. The summed E-state index contributed by atoms with van der Waals surface area (Å²) >= 11 is 0. The van der Waals surface area contributed by atoms with Gasteiger partial charge in [0.15, 0.2) is 0 Å². The maximum Gasteiger partial charge on any atom is 0.231 e. The van der Waals surface area contributed by atoms with Crippen LogP contribution in [-0.4, -0.2) is 33.5 Å². The quantitative estimate of drug-likeness (QED) is 0.796. The fourth-order valence-corrected chi connectivity index (χ4v) is 3.64. The molecule has 1 saturated heterocycles. The molecular formula is C20H22N4O. The smallest absolute Gasteiger partial charge is 0.231 e. The Hall–Kier alpha value is -2.53. The van der Waals surface area contributed by atoms with E-state index in [1.807, 2.05) is 36.7 Å². The zero-order valence-corrected chi connectivity index (χ0v) is 14.2. The maximum atomic E-state index is 12.8. The van der Waals surface area contributed by atoms with Crippen molar-refractivity contribution >= 4 is 16.9 Å². The summed E-state index contributed by atoms with van der Waals surface area (Å²) in [4.78, 5) is 21.4. The average molecular weight is 334 g/mol. The van der Waals surface area contributed by atoms with Gasteiger partial charge in [0.25, 0.3) is 0 Å². The van der Waals surface area contributed by atoms with Crippen molar-refractivity contribution < 1.29 is 4.79 Å². The number of nitrogens with zero attached hydrogens (tertiary/aromatic N) is 3. The number of pyridine rings is 2. The Balaban J connectivity index is 1.61. The summed E-state index contributed by atoms with van der Waals surface area (Å²) in [6.07, 6.45) is 10.8. The van der Waals surface area contributed by atoms with E-state index in [-0.39, 0.29) is 5.91 Å². The van der Waals surface area contributed by atoms with Gasteiger partial charge >= 0.3 is 0 Å². The number of rotatable bonds is 4. The Kier molecular flexibility index (Phi) is 4.57. The van der Waals surface area contributed by atoms with E-state index in [2.05, 4.69) is 15.3 Å². The first-order valence-corrected chi connectivity index (χ1v) is 8.92. The van der Waals surface area contributed by atoms with Crippen molar-refractivity contribution in [2.45, 2.75) is 31.6 Å². The Morgan fingerprint density at radius 2 is 1.96 bits per heavy atom. The minimum atomic E-state index is 0.120. The van der Waals surface area contributed by atoms with Crippen LogP contribution in [0, 0.1) is 0 Å². The molecule has 1 N–H and O–H groups in total. The summed E-state index contributed by atoms with van der Waals surface area (Å²) in [5.41, 5.74) is 4.26. The molecule has 0 atom stereocenters. The average Bonchev–Trinajstić information content (AvgIpc) is 3.07. The molecule has 4 heterocycles. The molecule has 0 bridgehead atoms. The molecule has 0 aliphatic carbocycles. The second-order valence-corrected chi connectivity index (χ2v) is 6.60. The van der Waals surface area contributed by atoms with E-state index in [1.165, 1.54) is 5.56 Å². The molecule has 0 unspecified atom stereocenters. The van der Waals surface area contributed by atoms with Gasteiger partial charge in [-0.05, 0) is 73.7 Å². The van der Waals surface area contributed by atoms with Crippen LogP contribution in [0.2, 0.25) is 0 Å². The number of hydrogen-bond donors (Lipinski definition) is 1. The standard InChI is InChI=1S/C20H22N4O/c25-19(4-3-15-5-10-21-11-6-15)24-14-17(16-7-12-22-13-8-16)20-18(24)2-1-9-23-20/h1-2,5-6,9-11,14,16,22H,3-4,7-8,12-13H2. The van der Waals surface area contributed by atoms with E-state index < -0.39 is 0 Å². The lowest BCUT2D eigenvalue weighted by atomic mass is 9.91. The minimum Gasteiger partial charge on any atom is -0.317 e. The number of carbonyl (C=O) groups is 1. The third kappa shape index (κ3) is 3.33. The molecule has 25 heavy (non-hydrogen) atoms. The molecule has 5 heteroatoms. The molecule has 4 rings (SSSR count). The predicted molar refractivity (Wildman–Crippen MR) is 97.8 cm³/mol. The van der Waals surface area contributed by atoms with Crippen molar-refractivity contribution in [2.75, 3.05) is 13.1 Å². The highest BCUT2D eigenvalue weighted by atomic mass is 16.2. The van der Waals surface area contributed by atoms with Crippen LogP contribution in [0.1, 0.15) is 41.1 Å². The van der Waals surface area contributed by atoms with E-state index in [9.17, 15) is 4.79 Å². The normalized spacial score (nSPS) is 15.5. The molecular weight excluding hydrogens is 312 g/mol. The van der Waals surface area contributed by atoms with Gasteiger partial charge in [0.2, 0.25) is 5.91 Å². The predicted octanol–water partition coefficient (Wildman–Crippen LogP) is 3.17. The first-order valence-electron chi connectivity index (χ1n) is 8.92. The highest BCUT2D eigenvalue weighted by Gasteiger charge is 2.22. The highest BCUT2D eigenvalue weighted by Crippen LogP contribution is 2.32. The van der Waals surface area contributed by atoms with Crippen LogP contribution in [0.15, 0.2) is 49.1 Å². The largest absolute Gasteiger partial charge is 0.317 e. The molecule has 0 amide bonds. The zero-order chi connectivity index (χ0) is 17.1. The molecule has 3 aromatic rings. The number of fused-ring (bicyclic) bond motifs is 1. The monoisotopic (exact) mass is 334 g/mol. The molecule has 1 fully saturated rings. The lowest BCUT2D eigenvalue weighted by Crippen LogP contribution is -2.26. The van der Waals surface area contributed by atoms with Gasteiger partial charge in [-0.2, -0.15) is 0 Å². The number of aromatic nitrogens is 3. The number of carbonyl (C=O) groups excluding carboxylic acids is 1. The summed E-state index contributed by atoms with van der Waals surface area (Å²) in [5, 5.41) is 3.40. The molecule has 1 aliphatic heterocycles. The highest BCUT2D eigenvalue weighted by molar-refractivity contribution is 5.92. The molecule has 3 aromatic heterocycles. The summed E-state index contributed by atoms with van der Waals surface area (Å²) in [5.74, 6) is 0.600. The third-order valence-corrected chi connectivity index (χ3v) is 5.01. The number of aryl methyl sites for hydroxylation is 1. The zero-order valence-electron chi connectivity index (χ0n) is 14.2. The summed E-state index contributed by atoms with van der Waals surface area (Å²) in [6, 6.07) is 7.82. The van der Waals surface area contributed by atoms with Gasteiger partial charge in [-0.3, -0.25) is 19.3 Å². The van der Waals surface area contributed by atoms with Crippen LogP contribution in [0.4, 0.5) is 0 Å². The molecule has 0 saturated carbocycles. The van der Waals surface area contributed by atoms with Crippen LogP contribution in [0.3, 0.4) is 0 Å². The topological polar surface area (TPSA) is 59.8 Å². The van der Waals surface area contributed by atoms with Crippen molar-refractivity contribution in [1.29, 1.82) is 0 Å². The Labute approximate surface area is 147 Å². The van der Waals surface area contributed by atoms with Crippen molar-refractivity contribution in [2.24, 2.45) is 0 Å². The Morgan fingerprint density at radius 3 is 2.76 bits per heavy atom. The van der Waals surface area contributed by atoms with E-state index in [4.69, 9.17) is 0 Å². The Bertz CT molecular complexity index is 866. The van der Waals surface area contributed by atoms with Crippen LogP contribution >= 0.6 is 0 Å². The van der Waals surface area contributed by atoms with Crippen LogP contribution in [-0.2, 0) is 6.42 Å². The van der Waals surface area contributed by atoms with Crippen LogP contribution < -0.4 is 5.32 Å². The van der Waals surface area contributed by atoms with Crippen molar-refractivity contribution in [1.82, 2.24) is 19.9 Å². The SMILES string of the molecule is O=C(CCc1ccncc1)n1cc(C2CCNCC2)c2ncccc21. The molecule has 1 aliphatic rings. The summed E-state index contributed by atoms with van der Waals surface area (Å²) in [7, 11) is 0. The summed E-state index contributed by atoms with van der Waals surface area (Å²) in [6.45, 7) is 2.06. The van der Waals surface area contributed by atoms with Crippen molar-refractivity contribution in [3.8, 4) is 0 Å². The number of hydrogen-bond acceptors (Lipinski definition) is 4. The van der Waals surface area contributed by atoms with Gasteiger partial charge in [0, 0.05) is 31.2 Å². The first-order chi connectivity index (χ1) is 12.3. The molecule has 0 spiro atoms. The van der Waals surface area contributed by atoms with Gasteiger partial charge < -0.3 is 5.32 Å². The van der Waals surface area contributed by atoms with Gasteiger partial charge in [-0.15, -0.1) is 0 Å². The van der Waals surface area contributed by atoms with E-state index in [0.717, 1.165) is 48.9 Å². The number of nitrogens with one attached hydrogen (secondary N) is 1. The maximum absolute atomic E-state index is 12.8. The second kappa shape index (κ2) is 7.15. The third-order valence-electron chi connectivity index (χ3n) is 5.01.